The third-order valence-electron chi connectivity index (χ3n) is 5.29. The molecule has 2 aromatic carbocycles. The molecule has 0 aromatic heterocycles. The van der Waals surface area contributed by atoms with Crippen LogP contribution in [0.4, 0.5) is 0 Å². The Morgan fingerprint density at radius 2 is 1.90 bits per heavy atom. The van der Waals surface area contributed by atoms with Gasteiger partial charge >= 0.3 is 5.97 Å². The fraction of sp³-hybridized carbons (Fsp3) is 0.409. The number of carbonyl (C=O) groups is 1. The van der Waals surface area contributed by atoms with E-state index in [1.54, 1.807) is 38.3 Å². The predicted octanol–water partition coefficient (Wildman–Crippen LogP) is 2.69. The van der Waals surface area contributed by atoms with E-state index in [1.165, 1.54) is 4.31 Å². The van der Waals surface area contributed by atoms with Gasteiger partial charge in [0, 0.05) is 19.6 Å². The van der Waals surface area contributed by atoms with Crippen LogP contribution in [0.5, 0.6) is 5.75 Å². The van der Waals surface area contributed by atoms with Crippen LogP contribution in [0.3, 0.4) is 0 Å². The van der Waals surface area contributed by atoms with Crippen LogP contribution in [0, 0.1) is 12.8 Å². The molecule has 1 saturated heterocycles. The highest BCUT2D eigenvalue weighted by Gasteiger charge is 2.34. The third kappa shape index (κ3) is 5.19. The van der Waals surface area contributed by atoms with Crippen molar-refractivity contribution in [2.75, 3.05) is 26.7 Å². The molecular formula is C22H28N2O5S. The molecule has 162 valence electrons. The SMILES string of the molecule is COc1ccccc1CCNOC(=O)C1CCCN(S(=O)(=O)c2ccccc2C)C1. The van der Waals surface area contributed by atoms with E-state index in [2.05, 4.69) is 5.48 Å². The monoisotopic (exact) mass is 432 g/mol. The fourth-order valence-corrected chi connectivity index (χ4v) is 5.39. The topological polar surface area (TPSA) is 84.9 Å². The number of benzene rings is 2. The number of rotatable bonds is 8. The average Bonchev–Trinajstić information content (AvgIpc) is 2.77. The van der Waals surface area contributed by atoms with Crippen LogP contribution in [-0.4, -0.2) is 45.4 Å². The standard InChI is InChI=1S/C22H28N2O5S/c1-17-8-3-6-12-21(17)30(26,27)24-15-7-10-19(16-24)22(25)29-23-14-13-18-9-4-5-11-20(18)28-2/h3-6,8-9,11-12,19,23H,7,10,13-16H2,1-2H3. The Labute approximate surface area is 178 Å². The number of nitrogens with one attached hydrogen (secondary N) is 1. The van der Waals surface area contributed by atoms with Gasteiger partial charge in [-0.05, 0) is 49.4 Å². The first-order chi connectivity index (χ1) is 14.4. The Morgan fingerprint density at radius 3 is 2.67 bits per heavy atom. The molecule has 0 saturated carbocycles. The van der Waals surface area contributed by atoms with Crippen LogP contribution in [-0.2, 0) is 26.1 Å². The highest BCUT2D eigenvalue weighted by molar-refractivity contribution is 7.89. The molecule has 8 heteroatoms. The lowest BCUT2D eigenvalue weighted by Gasteiger charge is -2.31. The summed E-state index contributed by atoms with van der Waals surface area (Å²) in [5.41, 5.74) is 4.41. The van der Waals surface area contributed by atoms with Gasteiger partial charge in [-0.2, -0.15) is 9.79 Å². The summed E-state index contributed by atoms with van der Waals surface area (Å²) in [6, 6.07) is 14.6. The Morgan fingerprint density at radius 1 is 1.17 bits per heavy atom. The Hall–Kier alpha value is -2.42. The molecule has 0 aliphatic carbocycles. The largest absolute Gasteiger partial charge is 0.496 e. The first-order valence-electron chi connectivity index (χ1n) is 10.0. The van der Waals surface area contributed by atoms with Gasteiger partial charge in [-0.25, -0.2) is 8.42 Å². The zero-order valence-corrected chi connectivity index (χ0v) is 18.2. The van der Waals surface area contributed by atoms with Crippen molar-refractivity contribution in [3.63, 3.8) is 0 Å². The zero-order chi connectivity index (χ0) is 21.6. The maximum absolute atomic E-state index is 13.0. The van der Waals surface area contributed by atoms with Crippen molar-refractivity contribution in [2.24, 2.45) is 5.92 Å². The minimum absolute atomic E-state index is 0.129. The summed E-state index contributed by atoms with van der Waals surface area (Å²) in [7, 11) is -2.02. The van der Waals surface area contributed by atoms with Crippen LogP contribution in [0.1, 0.15) is 24.0 Å². The molecule has 0 spiro atoms. The second-order valence-corrected chi connectivity index (χ2v) is 9.25. The van der Waals surface area contributed by atoms with Crippen molar-refractivity contribution < 1.29 is 22.8 Å². The lowest BCUT2D eigenvalue weighted by molar-refractivity contribution is -0.157. The van der Waals surface area contributed by atoms with Gasteiger partial charge < -0.3 is 9.57 Å². The van der Waals surface area contributed by atoms with Crippen molar-refractivity contribution in [3.8, 4) is 5.75 Å². The molecule has 30 heavy (non-hydrogen) atoms. The molecular weight excluding hydrogens is 404 g/mol. The van der Waals surface area contributed by atoms with Crippen molar-refractivity contribution in [1.82, 2.24) is 9.79 Å². The summed E-state index contributed by atoms with van der Waals surface area (Å²) in [4.78, 5) is 18.0. The molecule has 1 aliphatic rings. The highest BCUT2D eigenvalue weighted by Crippen LogP contribution is 2.26. The number of sulfonamides is 1. The van der Waals surface area contributed by atoms with E-state index in [4.69, 9.17) is 9.57 Å². The molecule has 2 aromatic rings. The Balaban J connectivity index is 1.54. The summed E-state index contributed by atoms with van der Waals surface area (Å²) >= 11 is 0. The number of hydrogen-bond donors (Lipinski definition) is 1. The molecule has 1 fully saturated rings. The number of hydrogen-bond acceptors (Lipinski definition) is 6. The Kier molecular flexibility index (Phi) is 7.47. The summed E-state index contributed by atoms with van der Waals surface area (Å²) in [6.07, 6.45) is 1.86. The second-order valence-electron chi connectivity index (χ2n) is 7.34. The number of piperidine rings is 1. The zero-order valence-electron chi connectivity index (χ0n) is 17.3. The van der Waals surface area contributed by atoms with Gasteiger partial charge in [0.2, 0.25) is 10.0 Å². The number of methoxy groups -OCH3 is 1. The highest BCUT2D eigenvalue weighted by atomic mass is 32.2. The molecule has 0 bridgehead atoms. The molecule has 3 rings (SSSR count). The smallest absolute Gasteiger partial charge is 0.329 e. The van der Waals surface area contributed by atoms with Gasteiger partial charge in [-0.1, -0.05) is 36.4 Å². The maximum Gasteiger partial charge on any atom is 0.329 e. The predicted molar refractivity (Wildman–Crippen MR) is 113 cm³/mol. The fourth-order valence-electron chi connectivity index (χ4n) is 3.64. The van der Waals surface area contributed by atoms with E-state index in [1.807, 2.05) is 24.3 Å². The summed E-state index contributed by atoms with van der Waals surface area (Å²) in [5.74, 6) is -0.133. The molecule has 1 aliphatic heterocycles. The molecule has 1 N–H and O–H groups in total. The van der Waals surface area contributed by atoms with Gasteiger partial charge in [0.15, 0.2) is 0 Å². The first-order valence-corrected chi connectivity index (χ1v) is 11.5. The van der Waals surface area contributed by atoms with Crippen LogP contribution >= 0.6 is 0 Å². The lowest BCUT2D eigenvalue weighted by atomic mass is 10.0. The number of aryl methyl sites for hydroxylation is 1. The number of nitrogens with zero attached hydrogens (tertiary/aromatic N) is 1. The molecule has 1 unspecified atom stereocenters. The molecule has 1 heterocycles. The van der Waals surface area contributed by atoms with E-state index in [0.29, 0.717) is 37.9 Å². The molecule has 0 radical (unpaired) electrons. The summed E-state index contributed by atoms with van der Waals surface area (Å²) < 4.78 is 32.7. The minimum Gasteiger partial charge on any atom is -0.496 e. The van der Waals surface area contributed by atoms with Crippen molar-refractivity contribution in [3.05, 3.63) is 59.7 Å². The minimum atomic E-state index is -3.64. The van der Waals surface area contributed by atoms with Crippen LogP contribution in [0.2, 0.25) is 0 Å². The van der Waals surface area contributed by atoms with Crippen molar-refractivity contribution >= 4 is 16.0 Å². The second kappa shape index (κ2) is 10.1. The maximum atomic E-state index is 13.0. The summed E-state index contributed by atoms with van der Waals surface area (Å²) in [6.45, 7) is 2.74. The molecule has 7 nitrogen and oxygen atoms in total. The van der Waals surface area contributed by atoms with E-state index < -0.39 is 21.9 Å². The van der Waals surface area contributed by atoms with Crippen molar-refractivity contribution in [2.45, 2.75) is 31.1 Å². The van der Waals surface area contributed by atoms with Gasteiger partial charge in [-0.3, -0.25) is 4.79 Å². The van der Waals surface area contributed by atoms with E-state index in [9.17, 15) is 13.2 Å². The third-order valence-corrected chi connectivity index (χ3v) is 7.32. The van der Waals surface area contributed by atoms with Crippen LogP contribution < -0.4 is 10.2 Å². The van der Waals surface area contributed by atoms with Crippen LogP contribution in [0.25, 0.3) is 0 Å². The summed E-state index contributed by atoms with van der Waals surface area (Å²) in [5, 5.41) is 0. The average molecular weight is 433 g/mol. The van der Waals surface area contributed by atoms with Gasteiger partial charge in [-0.15, -0.1) is 0 Å². The lowest BCUT2D eigenvalue weighted by Crippen LogP contribution is -2.43. The van der Waals surface area contributed by atoms with Crippen molar-refractivity contribution in [1.29, 1.82) is 0 Å². The normalized spacial score (nSPS) is 17.5. The molecule has 1 atom stereocenters. The number of carbonyl (C=O) groups excluding carboxylic acids is 1. The molecule has 0 amide bonds. The van der Waals surface area contributed by atoms with Gasteiger partial charge in [0.25, 0.3) is 0 Å². The number of hydroxylamine groups is 1. The number of para-hydroxylation sites is 1. The quantitative estimate of drug-likeness (QED) is 0.510. The van der Waals surface area contributed by atoms with E-state index in [0.717, 1.165) is 11.3 Å². The van der Waals surface area contributed by atoms with Gasteiger partial charge in [0.1, 0.15) is 5.75 Å². The number of ether oxygens (including phenoxy) is 1. The first kappa shape index (κ1) is 22.3. The van der Waals surface area contributed by atoms with E-state index in [-0.39, 0.29) is 11.4 Å². The Bertz CT molecular complexity index is 977. The van der Waals surface area contributed by atoms with Crippen LogP contribution in [0.15, 0.2) is 53.4 Å². The van der Waals surface area contributed by atoms with E-state index >= 15 is 0 Å². The van der Waals surface area contributed by atoms with Gasteiger partial charge in [0.05, 0.1) is 17.9 Å².